The fraction of sp³-hybridized carbons (Fsp3) is 0.240. The lowest BCUT2D eigenvalue weighted by molar-refractivity contribution is 0.0961. The van der Waals surface area contributed by atoms with E-state index in [9.17, 15) is 9.18 Å². The molecule has 3 heterocycles. The molecule has 0 atom stereocenters. The summed E-state index contributed by atoms with van der Waals surface area (Å²) >= 11 is 0. The standard InChI is InChI=1S/C25H24FN7O/c1-28-24(34)22-17-4-2-3-15(23(17)31-13-18(22)26)7-10-29-21-11-19(32-14-33-21)16-5-6-20(30-12-16)25(27)8-9-25/h2-6,11-14H,7-10,27H2,1H3,(H,28,34)(H,29,32,33). The summed E-state index contributed by atoms with van der Waals surface area (Å²) < 4.78 is 14.3. The minimum absolute atomic E-state index is 0.00428. The number of anilines is 1. The zero-order valence-corrected chi connectivity index (χ0v) is 18.7. The van der Waals surface area contributed by atoms with Gasteiger partial charge >= 0.3 is 0 Å². The topological polar surface area (TPSA) is 119 Å². The van der Waals surface area contributed by atoms with Crippen LogP contribution in [0.25, 0.3) is 22.2 Å². The molecule has 1 aromatic carbocycles. The third-order valence-electron chi connectivity index (χ3n) is 6.11. The molecule has 4 aromatic rings. The zero-order chi connectivity index (χ0) is 23.7. The molecule has 1 saturated carbocycles. The number of aromatic nitrogens is 4. The van der Waals surface area contributed by atoms with Crippen LogP contribution in [0.3, 0.4) is 0 Å². The molecule has 0 spiro atoms. The van der Waals surface area contributed by atoms with Gasteiger partial charge in [-0.3, -0.25) is 14.8 Å². The molecule has 0 radical (unpaired) electrons. The number of nitrogens with one attached hydrogen (secondary N) is 2. The van der Waals surface area contributed by atoms with Crippen molar-refractivity contribution in [2.75, 3.05) is 18.9 Å². The summed E-state index contributed by atoms with van der Waals surface area (Å²) in [5, 5.41) is 6.28. The Bertz CT molecular complexity index is 1370. The summed E-state index contributed by atoms with van der Waals surface area (Å²) in [6.45, 7) is 0.566. The quantitative estimate of drug-likeness (QED) is 0.390. The van der Waals surface area contributed by atoms with Crippen LogP contribution in [0.4, 0.5) is 10.2 Å². The second-order valence-electron chi connectivity index (χ2n) is 8.43. The lowest BCUT2D eigenvalue weighted by Gasteiger charge is -2.11. The summed E-state index contributed by atoms with van der Waals surface area (Å²) in [5.41, 5.74) is 10.0. The number of benzene rings is 1. The molecule has 0 aliphatic heterocycles. The van der Waals surface area contributed by atoms with Gasteiger partial charge in [0.25, 0.3) is 5.91 Å². The fourth-order valence-electron chi connectivity index (χ4n) is 3.99. The maximum atomic E-state index is 14.3. The molecule has 8 nitrogen and oxygen atoms in total. The molecular weight excluding hydrogens is 433 g/mol. The first kappa shape index (κ1) is 21.8. The molecule has 9 heteroatoms. The number of para-hydroxylation sites is 1. The lowest BCUT2D eigenvalue weighted by Crippen LogP contribution is -2.20. The Morgan fingerprint density at radius 1 is 1.12 bits per heavy atom. The number of halogens is 1. The smallest absolute Gasteiger partial charge is 0.254 e. The summed E-state index contributed by atoms with van der Waals surface area (Å²) in [6, 6.07) is 11.2. The van der Waals surface area contributed by atoms with Gasteiger partial charge < -0.3 is 16.4 Å². The van der Waals surface area contributed by atoms with Crippen molar-refractivity contribution in [2.45, 2.75) is 24.8 Å². The average Bonchev–Trinajstić information content (AvgIpc) is 3.62. The molecule has 1 fully saturated rings. The van der Waals surface area contributed by atoms with E-state index in [-0.39, 0.29) is 11.1 Å². The molecule has 0 unspecified atom stereocenters. The van der Waals surface area contributed by atoms with Gasteiger partial charge in [-0.25, -0.2) is 14.4 Å². The van der Waals surface area contributed by atoms with E-state index in [2.05, 4.69) is 30.6 Å². The number of hydrogen-bond donors (Lipinski definition) is 3. The first-order valence-electron chi connectivity index (χ1n) is 11.1. The van der Waals surface area contributed by atoms with E-state index in [1.54, 1.807) is 18.3 Å². The number of nitrogens with two attached hydrogens (primary N) is 1. The number of amides is 1. The Hall–Kier alpha value is -3.98. The van der Waals surface area contributed by atoms with Crippen LogP contribution in [0, 0.1) is 5.82 Å². The first-order chi connectivity index (χ1) is 16.5. The van der Waals surface area contributed by atoms with Gasteiger partial charge in [0.1, 0.15) is 12.1 Å². The number of nitrogens with zero attached hydrogens (tertiary/aromatic N) is 4. The second-order valence-corrected chi connectivity index (χ2v) is 8.43. The van der Waals surface area contributed by atoms with Crippen molar-refractivity contribution in [1.29, 1.82) is 0 Å². The monoisotopic (exact) mass is 457 g/mol. The van der Waals surface area contributed by atoms with Crippen molar-refractivity contribution in [1.82, 2.24) is 25.3 Å². The Kier molecular flexibility index (Phi) is 5.62. The summed E-state index contributed by atoms with van der Waals surface area (Å²) in [6.07, 6.45) is 6.94. The number of carbonyl (C=O) groups excluding carboxylic acids is 1. The van der Waals surface area contributed by atoms with Crippen LogP contribution in [-0.2, 0) is 12.0 Å². The summed E-state index contributed by atoms with van der Waals surface area (Å²) in [5.74, 6) is -0.441. The largest absolute Gasteiger partial charge is 0.370 e. The van der Waals surface area contributed by atoms with Crippen molar-refractivity contribution in [3.05, 3.63) is 77.8 Å². The predicted octanol–water partition coefficient (Wildman–Crippen LogP) is 3.19. The van der Waals surface area contributed by atoms with Crippen LogP contribution in [0.5, 0.6) is 0 Å². The van der Waals surface area contributed by atoms with Crippen LogP contribution in [-0.4, -0.2) is 39.4 Å². The predicted molar refractivity (Wildman–Crippen MR) is 128 cm³/mol. The van der Waals surface area contributed by atoms with Crippen molar-refractivity contribution in [2.24, 2.45) is 5.73 Å². The van der Waals surface area contributed by atoms with E-state index >= 15 is 0 Å². The SMILES string of the molecule is CNC(=O)c1c(F)cnc2c(CCNc3cc(-c4ccc(C5(N)CC5)nc4)ncn3)cccc12. The highest BCUT2D eigenvalue weighted by molar-refractivity contribution is 6.06. The van der Waals surface area contributed by atoms with Gasteiger partial charge in [-0.05, 0) is 37.0 Å². The number of rotatable bonds is 7. The van der Waals surface area contributed by atoms with E-state index in [0.29, 0.717) is 29.7 Å². The van der Waals surface area contributed by atoms with E-state index in [4.69, 9.17) is 5.73 Å². The van der Waals surface area contributed by atoms with Crippen LogP contribution in [0.15, 0.2) is 55.1 Å². The van der Waals surface area contributed by atoms with Crippen molar-refractivity contribution < 1.29 is 9.18 Å². The normalized spacial score (nSPS) is 14.1. The summed E-state index contributed by atoms with van der Waals surface area (Å²) in [4.78, 5) is 29.6. The third kappa shape index (κ3) is 4.17. The molecule has 4 N–H and O–H groups in total. The van der Waals surface area contributed by atoms with Gasteiger partial charge in [-0.2, -0.15) is 0 Å². The number of pyridine rings is 2. The van der Waals surface area contributed by atoms with Crippen LogP contribution >= 0.6 is 0 Å². The second kappa shape index (κ2) is 8.75. The highest BCUT2D eigenvalue weighted by Crippen LogP contribution is 2.41. The molecule has 1 aliphatic rings. The van der Waals surface area contributed by atoms with Gasteiger partial charge in [0.05, 0.1) is 34.2 Å². The molecule has 5 rings (SSSR count). The third-order valence-corrected chi connectivity index (χ3v) is 6.11. The summed E-state index contributed by atoms with van der Waals surface area (Å²) in [7, 11) is 1.48. The first-order valence-corrected chi connectivity index (χ1v) is 11.1. The number of fused-ring (bicyclic) bond motifs is 1. The molecule has 0 saturated heterocycles. The maximum absolute atomic E-state index is 14.3. The molecule has 1 amide bonds. The Labute approximate surface area is 195 Å². The van der Waals surface area contributed by atoms with Crippen LogP contribution in [0.1, 0.15) is 34.5 Å². The molecule has 34 heavy (non-hydrogen) atoms. The molecule has 172 valence electrons. The van der Waals surface area contributed by atoms with Crippen molar-refractivity contribution >= 4 is 22.6 Å². The molecule has 0 bridgehead atoms. The van der Waals surface area contributed by atoms with Crippen LogP contribution < -0.4 is 16.4 Å². The number of carbonyl (C=O) groups is 1. The van der Waals surface area contributed by atoms with Gasteiger partial charge in [0, 0.05) is 36.8 Å². The average molecular weight is 458 g/mol. The van der Waals surface area contributed by atoms with Crippen molar-refractivity contribution in [3.8, 4) is 11.3 Å². The van der Waals surface area contributed by atoms with E-state index < -0.39 is 11.7 Å². The highest BCUT2D eigenvalue weighted by atomic mass is 19.1. The number of hydrogen-bond acceptors (Lipinski definition) is 7. The molecule has 3 aromatic heterocycles. The molecular formula is C25H24FN7O. The van der Waals surface area contributed by atoms with Gasteiger partial charge in [-0.1, -0.05) is 18.2 Å². The van der Waals surface area contributed by atoms with Gasteiger partial charge in [0.2, 0.25) is 0 Å². The van der Waals surface area contributed by atoms with Gasteiger partial charge in [-0.15, -0.1) is 0 Å². The van der Waals surface area contributed by atoms with Crippen molar-refractivity contribution in [3.63, 3.8) is 0 Å². The van der Waals surface area contributed by atoms with Gasteiger partial charge in [0.15, 0.2) is 5.82 Å². The lowest BCUT2D eigenvalue weighted by atomic mass is 10.0. The minimum atomic E-state index is -0.642. The van der Waals surface area contributed by atoms with Crippen LogP contribution in [0.2, 0.25) is 0 Å². The Morgan fingerprint density at radius 3 is 2.71 bits per heavy atom. The van der Waals surface area contributed by atoms with E-state index in [1.807, 2.05) is 24.3 Å². The zero-order valence-electron chi connectivity index (χ0n) is 18.7. The minimum Gasteiger partial charge on any atom is -0.370 e. The maximum Gasteiger partial charge on any atom is 0.254 e. The Morgan fingerprint density at radius 2 is 1.97 bits per heavy atom. The molecule has 1 aliphatic carbocycles. The highest BCUT2D eigenvalue weighted by Gasteiger charge is 2.41. The Balaban J connectivity index is 1.31. The fourth-order valence-corrected chi connectivity index (χ4v) is 3.99. The van der Waals surface area contributed by atoms with E-state index in [0.717, 1.165) is 41.6 Å². The van der Waals surface area contributed by atoms with E-state index in [1.165, 1.54) is 13.4 Å².